The van der Waals surface area contributed by atoms with E-state index in [4.69, 9.17) is 14.0 Å². The van der Waals surface area contributed by atoms with Crippen molar-refractivity contribution in [2.75, 3.05) is 20.3 Å². The summed E-state index contributed by atoms with van der Waals surface area (Å²) in [6, 6.07) is 18.8. The van der Waals surface area contributed by atoms with Crippen molar-refractivity contribution in [1.29, 1.82) is 0 Å². The van der Waals surface area contributed by atoms with Gasteiger partial charge in [-0.2, -0.15) is 4.98 Å². The average Bonchev–Trinajstić information content (AvgIpc) is 3.53. The number of ketones is 1. The van der Waals surface area contributed by atoms with Gasteiger partial charge in [0.25, 0.3) is 0 Å². The quantitative estimate of drug-likeness (QED) is 0.458. The molecule has 8 heteroatoms. The summed E-state index contributed by atoms with van der Waals surface area (Å²) in [5.41, 5.74) is 0.222. The third kappa shape index (κ3) is 4.98. The molecule has 0 bridgehead atoms. The SMILES string of the molecule is COCC(c1ccccc1)(c1ccccc1)c1nc(C(=O)[C@@H]2CCCN2C(=O)OC(C)(C)C)no1. The number of ether oxygens (including phenoxy) is 2. The Morgan fingerprint density at radius 2 is 1.63 bits per heavy atom. The zero-order valence-electron chi connectivity index (χ0n) is 20.6. The number of Topliss-reactive ketones (excluding diaryl/α,β-unsaturated/α-hetero) is 1. The first-order valence-corrected chi connectivity index (χ1v) is 11.7. The van der Waals surface area contributed by atoms with E-state index in [1.807, 2.05) is 60.7 Å². The maximum atomic E-state index is 13.4. The monoisotopic (exact) mass is 477 g/mol. The molecule has 1 aromatic heterocycles. The molecule has 1 amide bonds. The molecule has 2 heterocycles. The summed E-state index contributed by atoms with van der Waals surface area (Å²) in [4.78, 5) is 32.2. The molecular formula is C27H31N3O5. The van der Waals surface area contributed by atoms with Gasteiger partial charge in [0.15, 0.2) is 0 Å². The van der Waals surface area contributed by atoms with E-state index in [9.17, 15) is 9.59 Å². The van der Waals surface area contributed by atoms with Gasteiger partial charge in [0.05, 0.1) is 6.61 Å². The van der Waals surface area contributed by atoms with Crippen molar-refractivity contribution in [2.45, 2.75) is 50.7 Å². The number of carbonyl (C=O) groups excluding carboxylic acids is 2. The molecule has 3 aromatic rings. The number of aromatic nitrogens is 2. The Labute approximate surface area is 205 Å². The smallest absolute Gasteiger partial charge is 0.410 e. The van der Waals surface area contributed by atoms with E-state index in [-0.39, 0.29) is 24.1 Å². The molecule has 0 aliphatic carbocycles. The van der Waals surface area contributed by atoms with E-state index >= 15 is 0 Å². The lowest BCUT2D eigenvalue weighted by Crippen LogP contribution is -2.43. The lowest BCUT2D eigenvalue weighted by Gasteiger charge is -2.30. The summed E-state index contributed by atoms with van der Waals surface area (Å²) in [6.45, 7) is 6.06. The molecule has 1 fully saturated rings. The molecule has 1 aliphatic heterocycles. The Balaban J connectivity index is 1.71. The molecule has 1 saturated heterocycles. The standard InChI is InChI=1S/C27H31N3O5/c1-26(2,3)34-25(32)30-17-11-16-21(30)22(31)23-28-24(35-29-23)27(18-33-4,19-12-7-5-8-13-19)20-14-9-6-10-15-20/h5-10,12-15,21H,11,16-18H2,1-4H3/t21-/m0/s1. The highest BCUT2D eigenvalue weighted by Crippen LogP contribution is 2.39. The molecule has 8 nitrogen and oxygen atoms in total. The van der Waals surface area contributed by atoms with Gasteiger partial charge in [-0.25, -0.2) is 4.79 Å². The Hall–Kier alpha value is -3.52. The van der Waals surface area contributed by atoms with E-state index in [2.05, 4.69) is 10.1 Å². The van der Waals surface area contributed by atoms with Crippen LogP contribution in [0.25, 0.3) is 0 Å². The number of nitrogens with zero attached hydrogens (tertiary/aromatic N) is 3. The van der Waals surface area contributed by atoms with Crippen molar-refractivity contribution in [2.24, 2.45) is 0 Å². The van der Waals surface area contributed by atoms with Gasteiger partial charge in [0.1, 0.15) is 17.1 Å². The number of hydrogen-bond acceptors (Lipinski definition) is 7. The molecule has 1 atom stereocenters. The Kier molecular flexibility index (Phi) is 7.03. The second kappa shape index (κ2) is 10.00. The number of hydrogen-bond donors (Lipinski definition) is 0. The highest BCUT2D eigenvalue weighted by atomic mass is 16.6. The molecular weight excluding hydrogens is 446 g/mol. The van der Waals surface area contributed by atoms with E-state index in [1.54, 1.807) is 27.9 Å². The molecule has 0 spiro atoms. The van der Waals surface area contributed by atoms with E-state index in [0.29, 0.717) is 19.4 Å². The van der Waals surface area contributed by atoms with Crippen molar-refractivity contribution in [3.8, 4) is 0 Å². The number of amides is 1. The van der Waals surface area contributed by atoms with Gasteiger partial charge in [0, 0.05) is 13.7 Å². The second-order valence-electron chi connectivity index (χ2n) is 9.69. The molecule has 35 heavy (non-hydrogen) atoms. The van der Waals surface area contributed by atoms with Crippen LogP contribution >= 0.6 is 0 Å². The molecule has 184 valence electrons. The number of methoxy groups -OCH3 is 1. The van der Waals surface area contributed by atoms with Gasteiger partial charge >= 0.3 is 6.09 Å². The minimum absolute atomic E-state index is 0.0622. The highest BCUT2D eigenvalue weighted by Gasteiger charge is 2.44. The summed E-state index contributed by atoms with van der Waals surface area (Å²) >= 11 is 0. The molecule has 0 N–H and O–H groups in total. The Bertz CT molecular complexity index is 1110. The number of likely N-dealkylation sites (tertiary alicyclic amines) is 1. The lowest BCUT2D eigenvalue weighted by molar-refractivity contribution is 0.0221. The molecule has 2 aromatic carbocycles. The molecule has 1 aliphatic rings. The Morgan fingerprint density at radius 1 is 1.03 bits per heavy atom. The van der Waals surface area contributed by atoms with Crippen molar-refractivity contribution in [3.63, 3.8) is 0 Å². The van der Waals surface area contributed by atoms with Crippen LogP contribution in [0.2, 0.25) is 0 Å². The van der Waals surface area contributed by atoms with Gasteiger partial charge in [-0.05, 0) is 44.7 Å². The zero-order valence-corrected chi connectivity index (χ0v) is 20.6. The van der Waals surface area contributed by atoms with Crippen molar-refractivity contribution in [3.05, 3.63) is 83.5 Å². The summed E-state index contributed by atoms with van der Waals surface area (Å²) in [5.74, 6) is -0.175. The van der Waals surface area contributed by atoms with Gasteiger partial charge in [-0.3, -0.25) is 9.69 Å². The topological polar surface area (TPSA) is 94.8 Å². The van der Waals surface area contributed by atoms with E-state index in [0.717, 1.165) is 11.1 Å². The molecule has 4 rings (SSSR count). The zero-order chi connectivity index (χ0) is 25.1. The maximum absolute atomic E-state index is 13.4. The number of carbonyl (C=O) groups is 2. The fourth-order valence-electron chi connectivity index (χ4n) is 4.53. The first-order chi connectivity index (χ1) is 16.8. The van der Waals surface area contributed by atoms with Crippen molar-refractivity contribution >= 4 is 11.9 Å². The van der Waals surface area contributed by atoms with Crippen LogP contribution in [0.4, 0.5) is 4.79 Å². The fourth-order valence-corrected chi connectivity index (χ4v) is 4.53. The van der Waals surface area contributed by atoms with E-state index < -0.39 is 23.2 Å². The third-order valence-electron chi connectivity index (χ3n) is 6.09. The van der Waals surface area contributed by atoms with Gasteiger partial charge in [0.2, 0.25) is 17.5 Å². The maximum Gasteiger partial charge on any atom is 0.410 e. The highest BCUT2D eigenvalue weighted by molar-refractivity contribution is 5.98. The summed E-state index contributed by atoms with van der Waals surface area (Å²) in [5, 5.41) is 4.06. The minimum atomic E-state index is -0.913. The van der Waals surface area contributed by atoms with Crippen molar-refractivity contribution in [1.82, 2.24) is 15.0 Å². The predicted molar refractivity (Wildman–Crippen MR) is 129 cm³/mol. The van der Waals surface area contributed by atoms with Crippen LogP contribution in [0.1, 0.15) is 61.2 Å². The number of rotatable bonds is 7. The molecule has 0 radical (unpaired) electrons. The van der Waals surface area contributed by atoms with Gasteiger partial charge < -0.3 is 14.0 Å². The fraction of sp³-hybridized carbons (Fsp3) is 0.407. The summed E-state index contributed by atoms with van der Waals surface area (Å²) < 4.78 is 16.9. The third-order valence-corrected chi connectivity index (χ3v) is 6.09. The average molecular weight is 478 g/mol. The van der Waals surface area contributed by atoms with Crippen LogP contribution in [-0.4, -0.2) is 58.8 Å². The van der Waals surface area contributed by atoms with E-state index in [1.165, 1.54) is 4.90 Å². The first kappa shape index (κ1) is 24.6. The summed E-state index contributed by atoms with van der Waals surface area (Å²) in [6.07, 6.45) is 0.698. The van der Waals surface area contributed by atoms with Crippen molar-refractivity contribution < 1.29 is 23.6 Å². The van der Waals surface area contributed by atoms with Crippen LogP contribution in [-0.2, 0) is 14.9 Å². The van der Waals surface area contributed by atoms with Crippen LogP contribution in [0.5, 0.6) is 0 Å². The second-order valence-corrected chi connectivity index (χ2v) is 9.69. The largest absolute Gasteiger partial charge is 0.444 e. The molecule has 0 unspecified atom stereocenters. The Morgan fingerprint density at radius 3 is 2.17 bits per heavy atom. The van der Waals surface area contributed by atoms with Gasteiger partial charge in [-0.1, -0.05) is 65.8 Å². The minimum Gasteiger partial charge on any atom is -0.444 e. The van der Waals surface area contributed by atoms with Crippen LogP contribution < -0.4 is 0 Å². The first-order valence-electron chi connectivity index (χ1n) is 11.7. The molecule has 0 saturated carbocycles. The van der Waals surface area contributed by atoms with Crippen LogP contribution in [0, 0.1) is 0 Å². The van der Waals surface area contributed by atoms with Gasteiger partial charge in [-0.15, -0.1) is 0 Å². The lowest BCUT2D eigenvalue weighted by atomic mass is 9.75. The predicted octanol–water partition coefficient (Wildman–Crippen LogP) is 4.63. The normalized spacial score (nSPS) is 16.3. The van der Waals surface area contributed by atoms with Crippen LogP contribution in [0.15, 0.2) is 65.2 Å². The summed E-state index contributed by atoms with van der Waals surface area (Å²) in [7, 11) is 1.61. The van der Waals surface area contributed by atoms with Crippen LogP contribution in [0.3, 0.4) is 0 Å². The number of benzene rings is 2.